The van der Waals surface area contributed by atoms with Crippen molar-refractivity contribution in [1.29, 1.82) is 0 Å². The van der Waals surface area contributed by atoms with E-state index in [0.717, 1.165) is 17.1 Å². The maximum atomic E-state index is 12.8. The van der Waals surface area contributed by atoms with Crippen LogP contribution >= 0.6 is 0 Å². The van der Waals surface area contributed by atoms with E-state index in [2.05, 4.69) is 15.4 Å². The molecule has 0 saturated carbocycles. The second kappa shape index (κ2) is 7.40. The van der Waals surface area contributed by atoms with Gasteiger partial charge in [0.2, 0.25) is 0 Å². The number of amides is 1. The van der Waals surface area contributed by atoms with Crippen LogP contribution in [-0.2, 0) is 0 Å². The zero-order valence-electron chi connectivity index (χ0n) is 15.5. The number of anilines is 2. The molecule has 140 valence electrons. The molecule has 7 heteroatoms. The minimum absolute atomic E-state index is 0.256. The molecule has 0 aliphatic rings. The first-order valence-corrected chi connectivity index (χ1v) is 8.74. The smallest absolute Gasteiger partial charge is 0.258 e. The van der Waals surface area contributed by atoms with Gasteiger partial charge in [-0.15, -0.1) is 0 Å². The number of hydrogen-bond donors (Lipinski definition) is 1. The van der Waals surface area contributed by atoms with Gasteiger partial charge in [0.1, 0.15) is 11.6 Å². The normalized spacial score (nSPS) is 10.6. The van der Waals surface area contributed by atoms with Crippen LogP contribution in [0.3, 0.4) is 0 Å². The van der Waals surface area contributed by atoms with Gasteiger partial charge in [-0.2, -0.15) is 5.10 Å². The highest BCUT2D eigenvalue weighted by molar-refractivity contribution is 6.04. The molecule has 0 radical (unpaired) electrons. The van der Waals surface area contributed by atoms with Crippen LogP contribution in [0.2, 0.25) is 0 Å². The predicted octanol–water partition coefficient (Wildman–Crippen LogP) is 3.85. The molecule has 3 aromatic heterocycles. The predicted molar refractivity (Wildman–Crippen MR) is 108 cm³/mol. The van der Waals surface area contributed by atoms with Crippen LogP contribution in [0.4, 0.5) is 11.6 Å². The van der Waals surface area contributed by atoms with E-state index in [1.54, 1.807) is 35.5 Å². The van der Waals surface area contributed by atoms with E-state index in [9.17, 15) is 4.79 Å². The van der Waals surface area contributed by atoms with E-state index in [1.807, 2.05) is 61.5 Å². The summed E-state index contributed by atoms with van der Waals surface area (Å²) in [5.74, 6) is 1.09. The standard InChI is InChI=1S/C21H19N5O2/c1-25(2)19-9-8-15(13-22-19)21(27)23-20-12-18(16-10-11-28-14-16)24-26(20)17-6-4-3-5-7-17/h3-14H,1-2H3,(H,23,27). The third-order valence-corrected chi connectivity index (χ3v) is 4.24. The van der Waals surface area contributed by atoms with Crippen molar-refractivity contribution in [3.8, 4) is 16.9 Å². The van der Waals surface area contributed by atoms with Crippen molar-refractivity contribution in [3.05, 3.63) is 78.9 Å². The van der Waals surface area contributed by atoms with E-state index < -0.39 is 0 Å². The highest BCUT2D eigenvalue weighted by Gasteiger charge is 2.15. The van der Waals surface area contributed by atoms with Crippen molar-refractivity contribution in [3.63, 3.8) is 0 Å². The zero-order chi connectivity index (χ0) is 19.5. The van der Waals surface area contributed by atoms with E-state index >= 15 is 0 Å². The van der Waals surface area contributed by atoms with Crippen molar-refractivity contribution in [2.45, 2.75) is 0 Å². The largest absolute Gasteiger partial charge is 0.472 e. The average Bonchev–Trinajstić information content (AvgIpc) is 3.38. The molecule has 1 amide bonds. The van der Waals surface area contributed by atoms with Gasteiger partial charge >= 0.3 is 0 Å². The quantitative estimate of drug-likeness (QED) is 0.575. The lowest BCUT2D eigenvalue weighted by Gasteiger charge is -2.12. The molecule has 0 unspecified atom stereocenters. The number of rotatable bonds is 5. The van der Waals surface area contributed by atoms with Gasteiger partial charge in [-0.25, -0.2) is 9.67 Å². The highest BCUT2D eigenvalue weighted by Crippen LogP contribution is 2.25. The maximum absolute atomic E-state index is 12.8. The van der Waals surface area contributed by atoms with Crippen LogP contribution in [0.25, 0.3) is 16.9 Å². The summed E-state index contributed by atoms with van der Waals surface area (Å²) in [4.78, 5) is 18.9. The Labute approximate surface area is 162 Å². The molecule has 0 atom stereocenters. The molecule has 7 nitrogen and oxygen atoms in total. The van der Waals surface area contributed by atoms with Gasteiger partial charge in [-0.3, -0.25) is 4.79 Å². The molecule has 4 aromatic rings. The lowest BCUT2D eigenvalue weighted by Crippen LogP contribution is -2.16. The number of carbonyl (C=O) groups is 1. The van der Waals surface area contributed by atoms with Gasteiger partial charge in [0.05, 0.1) is 29.5 Å². The van der Waals surface area contributed by atoms with E-state index in [4.69, 9.17) is 4.42 Å². The van der Waals surface area contributed by atoms with Crippen LogP contribution in [0, 0.1) is 0 Å². The van der Waals surface area contributed by atoms with Crippen molar-refractivity contribution in [2.75, 3.05) is 24.3 Å². The third-order valence-electron chi connectivity index (χ3n) is 4.24. The Morgan fingerprint density at radius 3 is 2.57 bits per heavy atom. The molecule has 0 aliphatic carbocycles. The number of furan rings is 1. The Bertz CT molecular complexity index is 1070. The van der Waals surface area contributed by atoms with E-state index in [0.29, 0.717) is 17.1 Å². The first-order valence-electron chi connectivity index (χ1n) is 8.74. The third kappa shape index (κ3) is 3.50. The summed E-state index contributed by atoms with van der Waals surface area (Å²) in [7, 11) is 3.80. The summed E-state index contributed by atoms with van der Waals surface area (Å²) in [6, 6.07) is 16.8. The molecule has 3 heterocycles. The van der Waals surface area contributed by atoms with E-state index in [1.165, 1.54) is 0 Å². The van der Waals surface area contributed by atoms with E-state index in [-0.39, 0.29) is 5.91 Å². The zero-order valence-corrected chi connectivity index (χ0v) is 15.5. The van der Waals surface area contributed by atoms with Crippen molar-refractivity contribution in [2.24, 2.45) is 0 Å². The first-order chi connectivity index (χ1) is 13.6. The molecule has 28 heavy (non-hydrogen) atoms. The summed E-state index contributed by atoms with van der Waals surface area (Å²) < 4.78 is 6.85. The van der Waals surface area contributed by atoms with Crippen LogP contribution in [-0.4, -0.2) is 34.8 Å². The fourth-order valence-corrected chi connectivity index (χ4v) is 2.76. The number of pyridine rings is 1. The summed E-state index contributed by atoms with van der Waals surface area (Å²) in [5, 5.41) is 7.56. The second-order valence-corrected chi connectivity index (χ2v) is 6.43. The second-order valence-electron chi connectivity index (χ2n) is 6.43. The maximum Gasteiger partial charge on any atom is 0.258 e. The van der Waals surface area contributed by atoms with Gasteiger partial charge in [0, 0.05) is 31.9 Å². The molecule has 0 bridgehead atoms. The lowest BCUT2D eigenvalue weighted by atomic mass is 10.2. The first kappa shape index (κ1) is 17.5. The van der Waals surface area contributed by atoms with Crippen LogP contribution in [0.15, 0.2) is 77.7 Å². The molecule has 1 N–H and O–H groups in total. The number of nitrogens with one attached hydrogen (secondary N) is 1. The van der Waals surface area contributed by atoms with Gasteiger partial charge in [-0.05, 0) is 30.3 Å². The van der Waals surface area contributed by atoms with Crippen LogP contribution in [0.5, 0.6) is 0 Å². The van der Waals surface area contributed by atoms with Crippen molar-refractivity contribution < 1.29 is 9.21 Å². The monoisotopic (exact) mass is 373 g/mol. The summed E-state index contributed by atoms with van der Waals surface area (Å²) in [6.07, 6.45) is 4.77. The Balaban J connectivity index is 1.67. The van der Waals surface area contributed by atoms with Crippen molar-refractivity contribution >= 4 is 17.5 Å². The fourth-order valence-electron chi connectivity index (χ4n) is 2.76. The lowest BCUT2D eigenvalue weighted by molar-refractivity contribution is 0.102. The summed E-state index contributed by atoms with van der Waals surface area (Å²) in [6.45, 7) is 0. The number of benzene rings is 1. The number of hydrogen-bond acceptors (Lipinski definition) is 5. The van der Waals surface area contributed by atoms with Crippen LogP contribution < -0.4 is 10.2 Å². The summed E-state index contributed by atoms with van der Waals surface area (Å²) in [5.41, 5.74) is 2.85. The van der Waals surface area contributed by atoms with Crippen LogP contribution in [0.1, 0.15) is 10.4 Å². The highest BCUT2D eigenvalue weighted by atomic mass is 16.3. The van der Waals surface area contributed by atoms with Crippen molar-refractivity contribution in [1.82, 2.24) is 14.8 Å². The average molecular weight is 373 g/mol. The molecule has 1 aromatic carbocycles. The molecular formula is C21H19N5O2. The molecular weight excluding hydrogens is 354 g/mol. The SMILES string of the molecule is CN(C)c1ccc(C(=O)Nc2cc(-c3ccoc3)nn2-c2ccccc2)cn1. The minimum Gasteiger partial charge on any atom is -0.472 e. The minimum atomic E-state index is -0.256. The molecule has 0 saturated heterocycles. The number of para-hydroxylation sites is 1. The Morgan fingerprint density at radius 1 is 1.11 bits per heavy atom. The number of carbonyl (C=O) groups excluding carboxylic acids is 1. The molecule has 0 aliphatic heterocycles. The Hall–Kier alpha value is -3.87. The number of aromatic nitrogens is 3. The fraction of sp³-hybridized carbons (Fsp3) is 0.0952. The molecule has 4 rings (SSSR count). The number of nitrogens with zero attached hydrogens (tertiary/aromatic N) is 4. The van der Waals surface area contributed by atoms with Gasteiger partial charge < -0.3 is 14.6 Å². The Kier molecular flexibility index (Phi) is 4.63. The van der Waals surface area contributed by atoms with Gasteiger partial charge in [0.25, 0.3) is 5.91 Å². The molecule has 0 spiro atoms. The molecule has 0 fully saturated rings. The van der Waals surface area contributed by atoms with Gasteiger partial charge in [-0.1, -0.05) is 18.2 Å². The Morgan fingerprint density at radius 2 is 1.93 bits per heavy atom. The van der Waals surface area contributed by atoms with Gasteiger partial charge in [0.15, 0.2) is 0 Å². The topological polar surface area (TPSA) is 76.2 Å². The summed E-state index contributed by atoms with van der Waals surface area (Å²) >= 11 is 0.